The molecular weight excluding hydrogens is 261 g/mol. The minimum Gasteiger partial charge on any atom is -0.394 e. The number of likely N-dealkylation sites (tertiary alicyclic amines) is 1. The maximum Gasteiger partial charge on any atom is 0.255 e. The third kappa shape index (κ3) is 2.57. The zero-order valence-electron chi connectivity index (χ0n) is 9.20. The van der Waals surface area contributed by atoms with Crippen LogP contribution in [0.4, 0.5) is 0 Å². The molecule has 92 valence electrons. The van der Waals surface area contributed by atoms with Gasteiger partial charge in [-0.1, -0.05) is 23.2 Å². The highest BCUT2D eigenvalue weighted by atomic mass is 35.5. The average Bonchev–Trinajstić information content (AvgIpc) is 2.76. The van der Waals surface area contributed by atoms with Gasteiger partial charge in [0, 0.05) is 11.6 Å². The van der Waals surface area contributed by atoms with Crippen LogP contribution in [0.15, 0.2) is 18.2 Å². The van der Waals surface area contributed by atoms with Crippen LogP contribution in [-0.2, 0) is 0 Å². The summed E-state index contributed by atoms with van der Waals surface area (Å²) in [6, 6.07) is 4.74. The van der Waals surface area contributed by atoms with Gasteiger partial charge in [-0.2, -0.15) is 0 Å². The number of benzene rings is 1. The number of nitrogens with zero attached hydrogens (tertiary/aromatic N) is 1. The van der Waals surface area contributed by atoms with Crippen molar-refractivity contribution in [2.75, 3.05) is 13.2 Å². The van der Waals surface area contributed by atoms with Gasteiger partial charge in [-0.3, -0.25) is 4.79 Å². The fourth-order valence-corrected chi connectivity index (χ4v) is 2.60. The van der Waals surface area contributed by atoms with E-state index in [0.29, 0.717) is 22.2 Å². The molecule has 0 spiro atoms. The first-order valence-corrected chi connectivity index (χ1v) is 6.26. The lowest BCUT2D eigenvalue weighted by molar-refractivity contribution is 0.0678. The maximum absolute atomic E-state index is 12.2. The van der Waals surface area contributed by atoms with Crippen molar-refractivity contribution in [1.82, 2.24) is 4.90 Å². The van der Waals surface area contributed by atoms with Crippen LogP contribution in [0.2, 0.25) is 10.0 Å². The molecule has 0 aliphatic carbocycles. The zero-order valence-corrected chi connectivity index (χ0v) is 10.7. The summed E-state index contributed by atoms with van der Waals surface area (Å²) in [6.07, 6.45) is 1.76. The number of aliphatic hydroxyl groups is 1. The topological polar surface area (TPSA) is 40.5 Å². The van der Waals surface area contributed by atoms with Gasteiger partial charge in [-0.25, -0.2) is 0 Å². The number of halogens is 2. The molecule has 2 rings (SSSR count). The molecule has 0 radical (unpaired) electrons. The average molecular weight is 274 g/mol. The Morgan fingerprint density at radius 1 is 1.47 bits per heavy atom. The molecule has 0 bridgehead atoms. The van der Waals surface area contributed by atoms with E-state index in [-0.39, 0.29) is 18.6 Å². The summed E-state index contributed by atoms with van der Waals surface area (Å²) in [5, 5.41) is 10.1. The van der Waals surface area contributed by atoms with Crippen molar-refractivity contribution in [3.8, 4) is 0 Å². The number of amides is 1. The lowest BCUT2D eigenvalue weighted by Crippen LogP contribution is -2.37. The van der Waals surface area contributed by atoms with Crippen LogP contribution < -0.4 is 0 Å². The minimum absolute atomic E-state index is 0.00303. The Balaban J connectivity index is 2.24. The van der Waals surface area contributed by atoms with E-state index < -0.39 is 0 Å². The van der Waals surface area contributed by atoms with E-state index in [1.165, 1.54) is 0 Å². The van der Waals surface area contributed by atoms with Gasteiger partial charge in [0.25, 0.3) is 5.91 Å². The maximum atomic E-state index is 12.2. The van der Waals surface area contributed by atoms with Gasteiger partial charge in [0.2, 0.25) is 0 Å². The molecule has 5 heteroatoms. The first-order valence-electron chi connectivity index (χ1n) is 5.50. The SMILES string of the molecule is O=C(c1ccc(Cl)cc1Cl)N1CCC[C@@H]1CO. The third-order valence-corrected chi connectivity index (χ3v) is 3.56. The normalized spacial score (nSPS) is 19.7. The second-order valence-electron chi connectivity index (χ2n) is 4.10. The molecule has 1 amide bonds. The number of aliphatic hydroxyl groups excluding tert-OH is 1. The van der Waals surface area contributed by atoms with Crippen molar-refractivity contribution < 1.29 is 9.90 Å². The summed E-state index contributed by atoms with van der Waals surface area (Å²) < 4.78 is 0. The molecule has 1 aliphatic heterocycles. The quantitative estimate of drug-likeness (QED) is 0.900. The minimum atomic E-state index is -0.136. The molecule has 1 N–H and O–H groups in total. The van der Waals surface area contributed by atoms with E-state index in [1.807, 2.05) is 0 Å². The largest absolute Gasteiger partial charge is 0.394 e. The van der Waals surface area contributed by atoms with Gasteiger partial charge < -0.3 is 10.0 Å². The molecule has 1 atom stereocenters. The van der Waals surface area contributed by atoms with E-state index in [1.54, 1.807) is 23.1 Å². The van der Waals surface area contributed by atoms with E-state index in [4.69, 9.17) is 23.2 Å². The predicted octanol–water partition coefficient (Wildman–Crippen LogP) is 2.59. The van der Waals surface area contributed by atoms with Gasteiger partial charge in [-0.15, -0.1) is 0 Å². The van der Waals surface area contributed by atoms with Crippen LogP contribution in [0.5, 0.6) is 0 Å². The van der Waals surface area contributed by atoms with Gasteiger partial charge in [0.1, 0.15) is 0 Å². The fourth-order valence-electron chi connectivity index (χ4n) is 2.11. The van der Waals surface area contributed by atoms with Crippen molar-refractivity contribution in [3.05, 3.63) is 33.8 Å². The molecule has 1 heterocycles. The Bertz CT molecular complexity index is 437. The number of hydrogen-bond donors (Lipinski definition) is 1. The smallest absolute Gasteiger partial charge is 0.255 e. The van der Waals surface area contributed by atoms with Crippen molar-refractivity contribution in [1.29, 1.82) is 0 Å². The molecule has 1 saturated heterocycles. The van der Waals surface area contributed by atoms with E-state index in [2.05, 4.69) is 0 Å². The van der Waals surface area contributed by atoms with Crippen LogP contribution in [0.25, 0.3) is 0 Å². The fraction of sp³-hybridized carbons (Fsp3) is 0.417. The Morgan fingerprint density at radius 3 is 2.88 bits per heavy atom. The molecule has 0 unspecified atom stereocenters. The van der Waals surface area contributed by atoms with Crippen LogP contribution in [0, 0.1) is 0 Å². The first-order chi connectivity index (χ1) is 8.13. The summed E-state index contributed by atoms with van der Waals surface area (Å²) >= 11 is 11.8. The van der Waals surface area contributed by atoms with Crippen molar-refractivity contribution in [2.24, 2.45) is 0 Å². The molecule has 1 aromatic carbocycles. The highest BCUT2D eigenvalue weighted by Gasteiger charge is 2.29. The molecule has 1 aliphatic rings. The Morgan fingerprint density at radius 2 is 2.24 bits per heavy atom. The second-order valence-corrected chi connectivity index (χ2v) is 4.94. The Kier molecular flexibility index (Phi) is 3.92. The highest BCUT2D eigenvalue weighted by molar-refractivity contribution is 6.36. The van der Waals surface area contributed by atoms with E-state index >= 15 is 0 Å². The summed E-state index contributed by atoms with van der Waals surface area (Å²) in [6.45, 7) is 0.667. The van der Waals surface area contributed by atoms with Gasteiger partial charge in [-0.05, 0) is 31.0 Å². The number of hydrogen-bond acceptors (Lipinski definition) is 2. The monoisotopic (exact) mass is 273 g/mol. The Labute approximate surface area is 110 Å². The zero-order chi connectivity index (χ0) is 12.4. The molecule has 1 aromatic rings. The number of carbonyl (C=O) groups excluding carboxylic acids is 1. The van der Waals surface area contributed by atoms with Crippen LogP contribution in [0.1, 0.15) is 23.2 Å². The second kappa shape index (κ2) is 5.25. The molecule has 3 nitrogen and oxygen atoms in total. The molecule has 0 aromatic heterocycles. The summed E-state index contributed by atoms with van der Waals surface area (Å²) in [5.41, 5.74) is 0.441. The molecule has 17 heavy (non-hydrogen) atoms. The first kappa shape index (κ1) is 12.7. The lowest BCUT2D eigenvalue weighted by atomic mass is 10.1. The van der Waals surface area contributed by atoms with Gasteiger partial charge >= 0.3 is 0 Å². The highest BCUT2D eigenvalue weighted by Crippen LogP contribution is 2.25. The van der Waals surface area contributed by atoms with Crippen LogP contribution >= 0.6 is 23.2 Å². The van der Waals surface area contributed by atoms with Crippen molar-refractivity contribution in [2.45, 2.75) is 18.9 Å². The van der Waals surface area contributed by atoms with Crippen LogP contribution in [0.3, 0.4) is 0 Å². The molecular formula is C12H13Cl2NO2. The third-order valence-electron chi connectivity index (χ3n) is 3.01. The van der Waals surface area contributed by atoms with Crippen molar-refractivity contribution >= 4 is 29.1 Å². The van der Waals surface area contributed by atoms with Gasteiger partial charge in [0.05, 0.1) is 23.2 Å². The standard InChI is InChI=1S/C12H13Cl2NO2/c13-8-3-4-10(11(14)6-8)12(17)15-5-1-2-9(15)7-16/h3-4,6,9,16H,1-2,5,7H2/t9-/m1/s1. The summed E-state index contributed by atoms with van der Waals surface area (Å²) in [5.74, 6) is -0.136. The number of carbonyl (C=O) groups is 1. The summed E-state index contributed by atoms with van der Waals surface area (Å²) in [7, 11) is 0. The van der Waals surface area contributed by atoms with Crippen molar-refractivity contribution in [3.63, 3.8) is 0 Å². The predicted molar refractivity (Wildman–Crippen MR) is 67.6 cm³/mol. The number of rotatable bonds is 2. The van der Waals surface area contributed by atoms with Crippen LogP contribution in [-0.4, -0.2) is 35.1 Å². The summed E-state index contributed by atoms with van der Waals surface area (Å²) in [4.78, 5) is 13.9. The molecule has 1 fully saturated rings. The Hall–Kier alpha value is -0.770. The lowest BCUT2D eigenvalue weighted by Gasteiger charge is -2.23. The van der Waals surface area contributed by atoms with Gasteiger partial charge in [0.15, 0.2) is 0 Å². The van der Waals surface area contributed by atoms with E-state index in [0.717, 1.165) is 12.8 Å². The molecule has 0 saturated carbocycles. The van der Waals surface area contributed by atoms with E-state index in [9.17, 15) is 9.90 Å².